The Hall–Kier alpha value is -2.38. The molecular weight excluding hydrogens is 328 g/mol. The van der Waals surface area contributed by atoms with Crippen molar-refractivity contribution in [1.82, 2.24) is 0 Å². The SMILES string of the molecule is CCC(N)C(=O)Nc1cccc(S(=O)(=O)c2cccc(OC)c2)c1. The van der Waals surface area contributed by atoms with Crippen LogP contribution >= 0.6 is 0 Å². The summed E-state index contributed by atoms with van der Waals surface area (Å²) >= 11 is 0. The van der Waals surface area contributed by atoms with E-state index in [2.05, 4.69) is 5.32 Å². The summed E-state index contributed by atoms with van der Waals surface area (Å²) in [6.45, 7) is 1.80. The van der Waals surface area contributed by atoms with Gasteiger partial charge in [-0.3, -0.25) is 4.79 Å². The number of hydrogen-bond acceptors (Lipinski definition) is 5. The van der Waals surface area contributed by atoms with Crippen molar-refractivity contribution in [2.45, 2.75) is 29.2 Å². The Bertz CT molecular complexity index is 834. The molecule has 128 valence electrons. The Morgan fingerprint density at radius 2 is 1.79 bits per heavy atom. The molecule has 0 saturated carbocycles. The Morgan fingerprint density at radius 1 is 1.17 bits per heavy atom. The van der Waals surface area contributed by atoms with Gasteiger partial charge in [-0.05, 0) is 42.8 Å². The zero-order chi connectivity index (χ0) is 17.7. The van der Waals surface area contributed by atoms with E-state index in [1.54, 1.807) is 31.2 Å². The molecule has 2 aromatic carbocycles. The van der Waals surface area contributed by atoms with Crippen molar-refractivity contribution in [2.24, 2.45) is 5.73 Å². The largest absolute Gasteiger partial charge is 0.497 e. The van der Waals surface area contributed by atoms with Crippen LogP contribution < -0.4 is 15.8 Å². The zero-order valence-electron chi connectivity index (χ0n) is 13.5. The molecule has 1 unspecified atom stereocenters. The average molecular weight is 348 g/mol. The summed E-state index contributed by atoms with van der Waals surface area (Å²) in [5.74, 6) is 0.0999. The lowest BCUT2D eigenvalue weighted by molar-refractivity contribution is -0.117. The van der Waals surface area contributed by atoms with E-state index in [-0.39, 0.29) is 15.7 Å². The first-order chi connectivity index (χ1) is 11.4. The third kappa shape index (κ3) is 3.93. The summed E-state index contributed by atoms with van der Waals surface area (Å²) < 4.78 is 30.5. The monoisotopic (exact) mass is 348 g/mol. The van der Waals surface area contributed by atoms with Crippen molar-refractivity contribution in [3.05, 3.63) is 48.5 Å². The fraction of sp³-hybridized carbons (Fsp3) is 0.235. The predicted octanol–water partition coefficient (Wildman–Crippen LogP) is 2.20. The number of amides is 1. The number of carbonyl (C=O) groups is 1. The molecule has 0 heterocycles. The van der Waals surface area contributed by atoms with Gasteiger partial charge in [-0.2, -0.15) is 0 Å². The standard InChI is InChI=1S/C17H20N2O4S/c1-3-16(18)17(20)19-12-6-4-8-14(10-12)24(21,22)15-9-5-7-13(11-15)23-2/h4-11,16H,3,18H2,1-2H3,(H,19,20). The van der Waals surface area contributed by atoms with Gasteiger partial charge < -0.3 is 15.8 Å². The van der Waals surface area contributed by atoms with Gasteiger partial charge in [0, 0.05) is 5.69 Å². The first-order valence-electron chi connectivity index (χ1n) is 7.44. The topological polar surface area (TPSA) is 98.5 Å². The maximum absolute atomic E-state index is 12.7. The molecule has 0 aliphatic carbocycles. The minimum absolute atomic E-state index is 0.0821. The second-order valence-corrected chi connectivity index (χ2v) is 7.16. The zero-order valence-corrected chi connectivity index (χ0v) is 14.3. The third-order valence-electron chi connectivity index (χ3n) is 3.54. The van der Waals surface area contributed by atoms with Crippen LogP contribution in [0.1, 0.15) is 13.3 Å². The molecule has 0 fully saturated rings. The Kier molecular flexibility index (Phi) is 5.58. The van der Waals surface area contributed by atoms with E-state index >= 15 is 0 Å². The number of nitrogens with one attached hydrogen (secondary N) is 1. The normalized spacial score (nSPS) is 12.5. The van der Waals surface area contributed by atoms with Gasteiger partial charge >= 0.3 is 0 Å². The summed E-state index contributed by atoms with van der Waals surface area (Å²) in [7, 11) is -2.25. The third-order valence-corrected chi connectivity index (χ3v) is 5.29. The first-order valence-corrected chi connectivity index (χ1v) is 8.92. The van der Waals surface area contributed by atoms with Crippen LogP contribution in [0, 0.1) is 0 Å². The molecule has 2 aromatic rings. The maximum atomic E-state index is 12.7. The van der Waals surface area contributed by atoms with Crippen LogP contribution in [0.15, 0.2) is 58.3 Å². The molecule has 0 spiro atoms. The highest BCUT2D eigenvalue weighted by atomic mass is 32.2. The highest BCUT2D eigenvalue weighted by Gasteiger charge is 2.19. The van der Waals surface area contributed by atoms with Crippen LogP contribution in [-0.4, -0.2) is 27.5 Å². The molecule has 6 nitrogen and oxygen atoms in total. The van der Waals surface area contributed by atoms with Crippen molar-refractivity contribution in [2.75, 3.05) is 12.4 Å². The smallest absolute Gasteiger partial charge is 0.241 e. The number of hydrogen-bond donors (Lipinski definition) is 2. The van der Waals surface area contributed by atoms with Crippen LogP contribution in [0.25, 0.3) is 0 Å². The second kappa shape index (κ2) is 7.46. The Morgan fingerprint density at radius 3 is 2.42 bits per heavy atom. The van der Waals surface area contributed by atoms with E-state index in [0.717, 1.165) is 0 Å². The molecule has 0 radical (unpaired) electrons. The van der Waals surface area contributed by atoms with Crippen LogP contribution in [0.4, 0.5) is 5.69 Å². The van der Waals surface area contributed by atoms with Crippen molar-refractivity contribution in [3.63, 3.8) is 0 Å². The Labute approximate surface area is 141 Å². The molecular formula is C17H20N2O4S. The van der Waals surface area contributed by atoms with Crippen molar-refractivity contribution < 1.29 is 17.9 Å². The number of carbonyl (C=O) groups excluding carboxylic acids is 1. The number of rotatable bonds is 6. The van der Waals surface area contributed by atoms with E-state index < -0.39 is 15.9 Å². The number of benzene rings is 2. The quantitative estimate of drug-likeness (QED) is 0.834. The fourth-order valence-corrected chi connectivity index (χ4v) is 3.41. The average Bonchev–Trinajstić information content (AvgIpc) is 2.61. The van der Waals surface area contributed by atoms with Crippen molar-refractivity contribution >= 4 is 21.4 Å². The van der Waals surface area contributed by atoms with Gasteiger partial charge in [0.1, 0.15) is 5.75 Å². The van der Waals surface area contributed by atoms with Crippen LogP contribution in [0.2, 0.25) is 0 Å². The van der Waals surface area contributed by atoms with Gasteiger partial charge in [0.2, 0.25) is 15.7 Å². The summed E-state index contributed by atoms with van der Waals surface area (Å²) in [6, 6.07) is 11.7. The lowest BCUT2D eigenvalue weighted by Crippen LogP contribution is -2.34. The summed E-state index contributed by atoms with van der Waals surface area (Å²) in [4.78, 5) is 12.1. The number of sulfone groups is 1. The summed E-state index contributed by atoms with van der Waals surface area (Å²) in [5.41, 5.74) is 6.05. The molecule has 1 atom stereocenters. The van der Waals surface area contributed by atoms with Crippen molar-refractivity contribution in [3.8, 4) is 5.75 Å². The van der Waals surface area contributed by atoms with Gasteiger partial charge in [0.15, 0.2) is 0 Å². The van der Waals surface area contributed by atoms with Crippen LogP contribution in [0.3, 0.4) is 0 Å². The summed E-state index contributed by atoms with van der Waals surface area (Å²) in [5, 5.41) is 2.63. The molecule has 0 saturated heterocycles. The lowest BCUT2D eigenvalue weighted by Gasteiger charge is -2.12. The Balaban J connectivity index is 2.34. The maximum Gasteiger partial charge on any atom is 0.241 e. The van der Waals surface area contributed by atoms with Crippen LogP contribution in [-0.2, 0) is 14.6 Å². The fourth-order valence-electron chi connectivity index (χ4n) is 2.07. The van der Waals surface area contributed by atoms with E-state index in [0.29, 0.717) is 17.9 Å². The highest BCUT2D eigenvalue weighted by Crippen LogP contribution is 2.26. The molecule has 0 aliphatic heterocycles. The van der Waals surface area contributed by atoms with E-state index in [1.807, 2.05) is 0 Å². The second-order valence-electron chi connectivity index (χ2n) is 5.21. The van der Waals surface area contributed by atoms with Gasteiger partial charge in [0.25, 0.3) is 0 Å². The molecule has 3 N–H and O–H groups in total. The van der Waals surface area contributed by atoms with Gasteiger partial charge in [-0.1, -0.05) is 19.1 Å². The van der Waals surface area contributed by atoms with Gasteiger partial charge in [0.05, 0.1) is 22.9 Å². The van der Waals surface area contributed by atoms with E-state index in [1.165, 1.54) is 31.4 Å². The number of anilines is 1. The summed E-state index contributed by atoms with van der Waals surface area (Å²) in [6.07, 6.45) is 0.494. The molecule has 0 bridgehead atoms. The molecule has 24 heavy (non-hydrogen) atoms. The predicted molar refractivity (Wildman–Crippen MR) is 91.8 cm³/mol. The van der Waals surface area contributed by atoms with Crippen LogP contribution in [0.5, 0.6) is 5.75 Å². The van der Waals surface area contributed by atoms with Gasteiger partial charge in [-0.15, -0.1) is 0 Å². The minimum Gasteiger partial charge on any atom is -0.497 e. The first kappa shape index (κ1) is 18.0. The van der Waals surface area contributed by atoms with Crippen molar-refractivity contribution in [1.29, 1.82) is 0 Å². The molecule has 0 aromatic heterocycles. The van der Waals surface area contributed by atoms with Gasteiger partial charge in [-0.25, -0.2) is 8.42 Å². The minimum atomic E-state index is -3.72. The number of ether oxygens (including phenoxy) is 1. The lowest BCUT2D eigenvalue weighted by atomic mass is 10.2. The molecule has 0 aliphatic rings. The molecule has 2 rings (SSSR count). The number of methoxy groups -OCH3 is 1. The molecule has 7 heteroatoms. The highest BCUT2D eigenvalue weighted by molar-refractivity contribution is 7.91. The van der Waals surface area contributed by atoms with E-state index in [9.17, 15) is 13.2 Å². The van der Waals surface area contributed by atoms with E-state index in [4.69, 9.17) is 10.5 Å². The molecule has 1 amide bonds. The number of nitrogens with two attached hydrogens (primary N) is 1.